The van der Waals surface area contributed by atoms with Crippen LogP contribution in [0.2, 0.25) is 0 Å². The van der Waals surface area contributed by atoms with Gasteiger partial charge in [-0.3, -0.25) is 14.4 Å². The molecule has 1 N–H and O–H groups in total. The highest BCUT2D eigenvalue weighted by Gasteiger charge is 2.31. The molecule has 2 rings (SSSR count). The lowest BCUT2D eigenvalue weighted by molar-refractivity contribution is -0.496. The first kappa shape index (κ1) is 13.5. The van der Waals surface area contributed by atoms with Gasteiger partial charge in [0.2, 0.25) is 5.50 Å². The molecule has 2 fully saturated rings. The first-order valence-corrected chi connectivity index (χ1v) is 8.45. The molecular formula is C11H23N4S2+. The van der Waals surface area contributed by atoms with Gasteiger partial charge in [-0.1, -0.05) is 0 Å². The molecule has 0 spiro atoms. The summed E-state index contributed by atoms with van der Waals surface area (Å²) in [5, 5.41) is 4.84. The summed E-state index contributed by atoms with van der Waals surface area (Å²) in [6.45, 7) is 4.90. The predicted octanol–water partition coefficient (Wildman–Crippen LogP) is 0.910. The summed E-state index contributed by atoms with van der Waals surface area (Å²) in [7, 11) is 10.1. The molecule has 0 bridgehead atoms. The molecule has 0 aliphatic carbocycles. The Morgan fingerprint density at radius 1 is 1.41 bits per heavy atom. The van der Waals surface area contributed by atoms with Crippen molar-refractivity contribution >= 4 is 26.8 Å². The van der Waals surface area contributed by atoms with Crippen LogP contribution < -0.4 is 5.32 Å². The number of likely N-dealkylation sites (tertiary alicyclic amines) is 1. The average Bonchev–Trinajstić information content (AvgIpc) is 2.96. The zero-order chi connectivity index (χ0) is 12.3. The maximum absolute atomic E-state index is 3.54. The topological polar surface area (TPSA) is 21.5 Å². The molecule has 98 valence electrons. The minimum atomic E-state index is 0.407. The van der Waals surface area contributed by atoms with Gasteiger partial charge in [0.25, 0.3) is 0 Å². The van der Waals surface area contributed by atoms with Crippen LogP contribution in [0.15, 0.2) is 0 Å². The molecule has 2 aliphatic heterocycles. The molecule has 0 aromatic heterocycles. The van der Waals surface area contributed by atoms with Crippen molar-refractivity contribution < 1.29 is 4.58 Å². The summed E-state index contributed by atoms with van der Waals surface area (Å²) in [5.41, 5.74) is 0.407. The van der Waals surface area contributed by atoms with Gasteiger partial charge in [0.1, 0.15) is 0 Å². The summed E-state index contributed by atoms with van der Waals surface area (Å²) in [6.07, 6.45) is 2.76. The standard InChI is InChI=1S/C11H22N4S2/c1-13(2)10-12-11(17-16-10)14(3)8-9-15-6-4-5-7-15/h10H,4-9H2,1-3H3/p+1. The van der Waals surface area contributed by atoms with Crippen LogP contribution in [0.25, 0.3) is 0 Å². The molecular weight excluding hydrogens is 252 g/mol. The van der Waals surface area contributed by atoms with Crippen LogP contribution in [0.3, 0.4) is 0 Å². The first-order chi connectivity index (χ1) is 8.16. The van der Waals surface area contributed by atoms with E-state index in [0.29, 0.717) is 5.50 Å². The quantitative estimate of drug-likeness (QED) is 0.606. The molecule has 0 amide bonds. The van der Waals surface area contributed by atoms with E-state index in [2.05, 4.69) is 40.8 Å². The second kappa shape index (κ2) is 6.31. The highest BCUT2D eigenvalue weighted by molar-refractivity contribution is 8.83. The minimum Gasteiger partial charge on any atom is -0.299 e. The third-order valence-electron chi connectivity index (χ3n) is 3.23. The van der Waals surface area contributed by atoms with Crippen molar-refractivity contribution in [3.8, 4) is 0 Å². The normalized spacial score (nSPS) is 28.8. The van der Waals surface area contributed by atoms with Gasteiger partial charge >= 0.3 is 5.17 Å². The fraction of sp³-hybridized carbons (Fsp3) is 0.909. The number of hydrogen-bond donors (Lipinski definition) is 1. The Balaban J connectivity index is 1.79. The van der Waals surface area contributed by atoms with Gasteiger partial charge in [-0.25, -0.2) is 5.32 Å². The summed E-state index contributed by atoms with van der Waals surface area (Å²) in [6, 6.07) is 0. The van der Waals surface area contributed by atoms with E-state index in [1.165, 1.54) is 37.6 Å². The maximum Gasteiger partial charge on any atom is 0.319 e. The third kappa shape index (κ3) is 3.77. The zero-order valence-electron chi connectivity index (χ0n) is 11.0. The van der Waals surface area contributed by atoms with E-state index < -0.39 is 0 Å². The second-order valence-electron chi connectivity index (χ2n) is 4.92. The van der Waals surface area contributed by atoms with Crippen molar-refractivity contribution in [1.29, 1.82) is 0 Å². The molecule has 2 aliphatic rings. The third-order valence-corrected chi connectivity index (χ3v) is 5.95. The van der Waals surface area contributed by atoms with Gasteiger partial charge in [0.15, 0.2) is 0 Å². The smallest absolute Gasteiger partial charge is 0.299 e. The van der Waals surface area contributed by atoms with E-state index in [-0.39, 0.29) is 0 Å². The molecule has 17 heavy (non-hydrogen) atoms. The van der Waals surface area contributed by atoms with E-state index in [4.69, 9.17) is 0 Å². The molecule has 1 unspecified atom stereocenters. The Hall–Kier alpha value is 0.0900. The Labute approximate surface area is 112 Å². The van der Waals surface area contributed by atoms with E-state index in [0.717, 1.165) is 6.54 Å². The molecule has 0 radical (unpaired) electrons. The average molecular weight is 275 g/mol. The Bertz CT molecular complexity index is 287. The fourth-order valence-electron chi connectivity index (χ4n) is 2.03. The van der Waals surface area contributed by atoms with Gasteiger partial charge in [0.05, 0.1) is 13.6 Å². The van der Waals surface area contributed by atoms with Crippen molar-refractivity contribution in [1.82, 2.24) is 15.1 Å². The van der Waals surface area contributed by atoms with Crippen LogP contribution in [-0.2, 0) is 0 Å². The molecule has 6 heteroatoms. The molecule has 0 aromatic carbocycles. The van der Waals surface area contributed by atoms with Crippen LogP contribution in [0.1, 0.15) is 12.8 Å². The molecule has 2 heterocycles. The fourth-order valence-corrected chi connectivity index (χ4v) is 4.73. The SMILES string of the molecule is CN(C)C1NC(=[N+](C)CCN2CCCC2)SS1. The lowest BCUT2D eigenvalue weighted by atomic mass is 10.4. The Morgan fingerprint density at radius 3 is 2.71 bits per heavy atom. The molecule has 0 saturated carbocycles. The summed E-state index contributed by atoms with van der Waals surface area (Å²) >= 11 is 0. The van der Waals surface area contributed by atoms with Crippen molar-refractivity contribution in [2.75, 3.05) is 47.3 Å². The number of nitrogens with zero attached hydrogens (tertiary/aromatic N) is 3. The van der Waals surface area contributed by atoms with Crippen LogP contribution in [0.5, 0.6) is 0 Å². The van der Waals surface area contributed by atoms with E-state index in [1.807, 2.05) is 21.6 Å². The summed E-state index contributed by atoms with van der Waals surface area (Å²) < 4.78 is 2.35. The van der Waals surface area contributed by atoms with Gasteiger partial charge < -0.3 is 0 Å². The summed E-state index contributed by atoms with van der Waals surface area (Å²) in [4.78, 5) is 4.77. The predicted molar refractivity (Wildman–Crippen MR) is 77.5 cm³/mol. The van der Waals surface area contributed by atoms with Crippen LogP contribution in [0, 0.1) is 0 Å². The summed E-state index contributed by atoms with van der Waals surface area (Å²) in [5.74, 6) is 0. The second-order valence-corrected chi connectivity index (χ2v) is 7.19. The molecule has 2 saturated heterocycles. The lowest BCUT2D eigenvalue weighted by Gasteiger charge is -2.15. The Kier molecular flexibility index (Phi) is 5.02. The highest BCUT2D eigenvalue weighted by atomic mass is 33.1. The van der Waals surface area contributed by atoms with Crippen molar-refractivity contribution in [2.45, 2.75) is 18.3 Å². The molecule has 4 nitrogen and oxygen atoms in total. The van der Waals surface area contributed by atoms with Crippen molar-refractivity contribution in [3.63, 3.8) is 0 Å². The van der Waals surface area contributed by atoms with Crippen LogP contribution in [0.4, 0.5) is 0 Å². The van der Waals surface area contributed by atoms with Gasteiger partial charge in [-0.15, -0.1) is 0 Å². The van der Waals surface area contributed by atoms with Gasteiger partial charge in [-0.2, -0.15) is 0 Å². The number of nitrogens with one attached hydrogen (secondary N) is 1. The minimum absolute atomic E-state index is 0.407. The Morgan fingerprint density at radius 2 is 2.12 bits per heavy atom. The first-order valence-electron chi connectivity index (χ1n) is 6.23. The zero-order valence-corrected chi connectivity index (χ0v) is 12.6. The van der Waals surface area contributed by atoms with Crippen molar-refractivity contribution in [2.24, 2.45) is 0 Å². The van der Waals surface area contributed by atoms with Gasteiger partial charge in [-0.05, 0) is 50.8 Å². The van der Waals surface area contributed by atoms with Gasteiger partial charge in [0, 0.05) is 17.3 Å². The van der Waals surface area contributed by atoms with Crippen molar-refractivity contribution in [3.05, 3.63) is 0 Å². The highest BCUT2D eigenvalue weighted by Crippen LogP contribution is 2.33. The number of hydrogen-bond acceptors (Lipinski definition) is 4. The van der Waals surface area contributed by atoms with E-state index in [1.54, 1.807) is 0 Å². The lowest BCUT2D eigenvalue weighted by Crippen LogP contribution is -2.40. The maximum atomic E-state index is 3.54. The van der Waals surface area contributed by atoms with Crippen LogP contribution >= 0.6 is 21.6 Å². The number of likely N-dealkylation sites (N-methyl/N-ethyl adjacent to an activating group) is 1. The molecule has 1 atom stereocenters. The molecule has 0 aromatic rings. The number of rotatable bonds is 4. The van der Waals surface area contributed by atoms with E-state index in [9.17, 15) is 0 Å². The van der Waals surface area contributed by atoms with E-state index >= 15 is 0 Å². The largest absolute Gasteiger partial charge is 0.319 e. The number of amidine groups is 1. The monoisotopic (exact) mass is 275 g/mol. The van der Waals surface area contributed by atoms with Crippen LogP contribution in [-0.4, -0.2) is 72.4 Å².